The van der Waals surface area contributed by atoms with Gasteiger partial charge in [0.1, 0.15) is 23.9 Å². The van der Waals surface area contributed by atoms with Crippen LogP contribution in [-0.2, 0) is 4.79 Å². The van der Waals surface area contributed by atoms with Gasteiger partial charge in [0.15, 0.2) is 11.5 Å². The molecule has 194 valence electrons. The summed E-state index contributed by atoms with van der Waals surface area (Å²) >= 11 is 0. The average molecular weight is 506 g/mol. The lowest BCUT2D eigenvalue weighted by atomic mass is 9.79. The monoisotopic (exact) mass is 505 g/mol. The van der Waals surface area contributed by atoms with Crippen LogP contribution in [-0.4, -0.2) is 44.8 Å². The molecule has 3 atom stereocenters. The maximum atomic E-state index is 12.9. The molecule has 8 heteroatoms. The van der Waals surface area contributed by atoms with Crippen LogP contribution in [0.5, 0.6) is 28.7 Å². The number of aliphatic hydroxyl groups is 1. The van der Waals surface area contributed by atoms with E-state index in [2.05, 4.69) is 0 Å². The summed E-state index contributed by atoms with van der Waals surface area (Å²) in [6.45, 7) is 2.58. The van der Waals surface area contributed by atoms with Gasteiger partial charge in [0.2, 0.25) is 6.79 Å². The van der Waals surface area contributed by atoms with Crippen molar-refractivity contribution >= 4 is 5.97 Å². The smallest absolute Gasteiger partial charge is 0.231 e. The topological polar surface area (TPSA) is 107 Å². The van der Waals surface area contributed by atoms with E-state index >= 15 is 0 Å². The highest BCUT2D eigenvalue weighted by Gasteiger charge is 2.44. The highest BCUT2D eigenvalue weighted by Crippen LogP contribution is 2.55. The minimum Gasteiger partial charge on any atom is -0.550 e. The minimum absolute atomic E-state index is 0.0565. The van der Waals surface area contributed by atoms with E-state index in [-0.39, 0.29) is 20.0 Å². The molecular weight excluding hydrogens is 476 g/mol. The van der Waals surface area contributed by atoms with E-state index in [1.54, 1.807) is 25.3 Å². The number of ether oxygens (including phenoxy) is 5. The van der Waals surface area contributed by atoms with Crippen LogP contribution in [0.25, 0.3) is 0 Å². The van der Waals surface area contributed by atoms with E-state index in [1.807, 2.05) is 43.3 Å². The molecule has 37 heavy (non-hydrogen) atoms. The Balaban J connectivity index is 1.69. The van der Waals surface area contributed by atoms with Gasteiger partial charge < -0.3 is 38.7 Å². The lowest BCUT2D eigenvalue weighted by molar-refractivity contribution is -0.312. The maximum Gasteiger partial charge on any atom is 0.231 e. The van der Waals surface area contributed by atoms with Gasteiger partial charge in [-0.25, -0.2) is 0 Å². The van der Waals surface area contributed by atoms with Crippen molar-refractivity contribution in [3.05, 3.63) is 76.9 Å². The molecule has 2 aliphatic rings. The SMILES string of the molecule is CCCOc1ccc2c(c1)[C@@H](c1ccc(OC)cc1OCCO)[C@H](C(=O)[O-])[C@H]2c1ccc2c(c1)OCO2. The first-order chi connectivity index (χ1) is 18.0. The number of carbonyl (C=O) groups is 1. The summed E-state index contributed by atoms with van der Waals surface area (Å²) in [5.41, 5.74) is 3.15. The van der Waals surface area contributed by atoms with Crippen LogP contribution < -0.4 is 28.8 Å². The predicted molar refractivity (Wildman–Crippen MR) is 133 cm³/mol. The Labute approximate surface area is 215 Å². The van der Waals surface area contributed by atoms with Crippen LogP contribution in [0.2, 0.25) is 0 Å². The Kier molecular flexibility index (Phi) is 7.10. The van der Waals surface area contributed by atoms with Gasteiger partial charge in [-0.3, -0.25) is 0 Å². The zero-order valence-electron chi connectivity index (χ0n) is 20.8. The summed E-state index contributed by atoms with van der Waals surface area (Å²) in [7, 11) is 1.55. The summed E-state index contributed by atoms with van der Waals surface area (Å²) in [5, 5.41) is 22.3. The first-order valence-corrected chi connectivity index (χ1v) is 12.3. The molecule has 0 fully saturated rings. The van der Waals surface area contributed by atoms with E-state index in [0.29, 0.717) is 40.9 Å². The largest absolute Gasteiger partial charge is 0.550 e. The second-order valence-electron chi connectivity index (χ2n) is 9.03. The number of aliphatic hydroxyl groups excluding tert-OH is 1. The number of hydrogen-bond acceptors (Lipinski definition) is 8. The number of aliphatic carboxylic acids is 1. The fraction of sp³-hybridized carbons (Fsp3) is 0.345. The van der Waals surface area contributed by atoms with Crippen LogP contribution >= 0.6 is 0 Å². The number of carbonyl (C=O) groups excluding carboxylic acids is 1. The highest BCUT2D eigenvalue weighted by molar-refractivity contribution is 5.77. The summed E-state index contributed by atoms with van der Waals surface area (Å²) in [5.74, 6) is -0.340. The van der Waals surface area contributed by atoms with Gasteiger partial charge in [0.25, 0.3) is 0 Å². The molecule has 0 bridgehead atoms. The van der Waals surface area contributed by atoms with Crippen molar-refractivity contribution in [2.24, 2.45) is 5.92 Å². The number of carboxylic acids is 1. The average Bonchev–Trinajstić information content (AvgIpc) is 3.52. The standard InChI is InChI=1S/C29H30O8/c1-3-11-34-19-6-7-20-22(14-19)27(21-8-5-18(33-2)15-24(21)35-12-10-30)28(29(31)32)26(20)17-4-9-23-25(13-17)37-16-36-23/h4-9,13-15,26-28,30H,3,10-12,16H2,1-2H3,(H,31,32)/p-1/t26-,27+,28+/m0/s1. The molecule has 0 saturated carbocycles. The van der Waals surface area contributed by atoms with Crippen LogP contribution in [0.1, 0.15) is 47.4 Å². The van der Waals surface area contributed by atoms with Crippen molar-refractivity contribution in [3.63, 3.8) is 0 Å². The number of rotatable bonds is 10. The summed E-state index contributed by atoms with van der Waals surface area (Å²) in [6.07, 6.45) is 0.847. The molecule has 5 rings (SSSR count). The maximum absolute atomic E-state index is 12.9. The molecule has 1 N–H and O–H groups in total. The third-order valence-electron chi connectivity index (χ3n) is 6.85. The lowest BCUT2D eigenvalue weighted by Gasteiger charge is -2.28. The Hall–Kier alpha value is -3.91. The Bertz CT molecular complexity index is 1290. The zero-order chi connectivity index (χ0) is 25.9. The number of benzene rings is 3. The van der Waals surface area contributed by atoms with Crippen LogP contribution in [0.3, 0.4) is 0 Å². The second-order valence-corrected chi connectivity index (χ2v) is 9.03. The van der Waals surface area contributed by atoms with Crippen LogP contribution in [0.4, 0.5) is 0 Å². The van der Waals surface area contributed by atoms with Crippen molar-refractivity contribution in [1.82, 2.24) is 0 Å². The molecule has 0 unspecified atom stereocenters. The molecule has 0 aromatic heterocycles. The molecule has 1 heterocycles. The second kappa shape index (κ2) is 10.6. The molecule has 0 spiro atoms. The lowest BCUT2D eigenvalue weighted by Crippen LogP contribution is -2.36. The normalized spacial score (nSPS) is 19.4. The van der Waals surface area contributed by atoms with Crippen LogP contribution in [0, 0.1) is 5.92 Å². The fourth-order valence-corrected chi connectivity index (χ4v) is 5.30. The predicted octanol–water partition coefficient (Wildman–Crippen LogP) is 3.23. The third kappa shape index (κ3) is 4.64. The van der Waals surface area contributed by atoms with Crippen molar-refractivity contribution in [2.75, 3.05) is 33.7 Å². The van der Waals surface area contributed by atoms with Crippen molar-refractivity contribution in [1.29, 1.82) is 0 Å². The van der Waals surface area contributed by atoms with E-state index in [0.717, 1.165) is 23.1 Å². The van der Waals surface area contributed by atoms with Crippen LogP contribution in [0.15, 0.2) is 54.6 Å². The first-order valence-electron chi connectivity index (χ1n) is 12.3. The van der Waals surface area contributed by atoms with Gasteiger partial charge in [-0.1, -0.05) is 25.1 Å². The van der Waals surface area contributed by atoms with E-state index in [4.69, 9.17) is 23.7 Å². The minimum atomic E-state index is -1.18. The molecule has 1 aliphatic heterocycles. The first kappa shape index (κ1) is 24.8. The third-order valence-corrected chi connectivity index (χ3v) is 6.85. The number of carboxylic acid groups (broad SMARTS) is 1. The summed E-state index contributed by atoms with van der Waals surface area (Å²) in [4.78, 5) is 12.9. The Morgan fingerprint density at radius 2 is 1.70 bits per heavy atom. The Morgan fingerprint density at radius 1 is 0.919 bits per heavy atom. The van der Waals surface area contributed by atoms with Gasteiger partial charge >= 0.3 is 0 Å². The summed E-state index contributed by atoms with van der Waals surface area (Å²) < 4.78 is 28.2. The van der Waals surface area contributed by atoms with Crippen molar-refractivity contribution < 1.29 is 38.7 Å². The van der Waals surface area contributed by atoms with Gasteiger partial charge in [0, 0.05) is 35.4 Å². The number of hydrogen-bond donors (Lipinski definition) is 1. The zero-order valence-corrected chi connectivity index (χ0v) is 20.8. The molecule has 0 saturated heterocycles. The molecule has 8 nitrogen and oxygen atoms in total. The number of methoxy groups -OCH3 is 1. The molecule has 3 aromatic carbocycles. The fourth-order valence-electron chi connectivity index (χ4n) is 5.30. The molecule has 0 radical (unpaired) electrons. The molecule has 1 aliphatic carbocycles. The van der Waals surface area contributed by atoms with Gasteiger partial charge in [-0.2, -0.15) is 0 Å². The molecule has 3 aromatic rings. The highest BCUT2D eigenvalue weighted by atomic mass is 16.7. The number of fused-ring (bicyclic) bond motifs is 2. The van der Waals surface area contributed by atoms with Gasteiger partial charge in [-0.05, 0) is 53.4 Å². The molecule has 0 amide bonds. The van der Waals surface area contributed by atoms with Crippen molar-refractivity contribution in [3.8, 4) is 28.7 Å². The van der Waals surface area contributed by atoms with E-state index in [1.165, 1.54) is 0 Å². The van der Waals surface area contributed by atoms with Gasteiger partial charge in [0.05, 0.1) is 20.3 Å². The van der Waals surface area contributed by atoms with Gasteiger partial charge in [-0.15, -0.1) is 0 Å². The van der Waals surface area contributed by atoms with Crippen molar-refractivity contribution in [2.45, 2.75) is 25.2 Å². The van der Waals surface area contributed by atoms with E-state index < -0.39 is 23.7 Å². The summed E-state index contributed by atoms with van der Waals surface area (Å²) in [6, 6.07) is 16.5. The molecular formula is C29H29O8-. The van der Waals surface area contributed by atoms with E-state index in [9.17, 15) is 15.0 Å². The Morgan fingerprint density at radius 3 is 2.46 bits per heavy atom. The quantitative estimate of drug-likeness (QED) is 0.448.